The van der Waals surface area contributed by atoms with Crippen molar-refractivity contribution >= 4 is 17.0 Å². The third-order valence-corrected chi connectivity index (χ3v) is 14.2. The van der Waals surface area contributed by atoms with Gasteiger partial charge in [0.15, 0.2) is 0 Å². The zero-order valence-corrected chi connectivity index (χ0v) is 19.3. The van der Waals surface area contributed by atoms with E-state index in [4.69, 9.17) is 13.3 Å². The number of nitrogens with zero attached hydrogens (tertiary/aromatic N) is 2. The Kier molecular flexibility index (Phi) is 8.59. The highest BCUT2D eigenvalue weighted by Gasteiger charge is 2.45. The van der Waals surface area contributed by atoms with Gasteiger partial charge in [0.25, 0.3) is 0 Å². The molecule has 0 unspecified atom stereocenters. The summed E-state index contributed by atoms with van der Waals surface area (Å²) in [5.41, 5.74) is 0. The highest BCUT2D eigenvalue weighted by atomic mass is 28.4. The van der Waals surface area contributed by atoms with Gasteiger partial charge >= 0.3 is 8.80 Å². The molecule has 0 atom stereocenters. The molecule has 1 saturated heterocycles. The molecule has 0 spiro atoms. The summed E-state index contributed by atoms with van der Waals surface area (Å²) in [5, 5.41) is 0.398. The van der Waals surface area contributed by atoms with E-state index in [1.807, 2.05) is 20.8 Å². The first kappa shape index (κ1) is 22.3. The van der Waals surface area contributed by atoms with E-state index in [0.717, 1.165) is 32.3 Å². The predicted octanol–water partition coefficient (Wildman–Crippen LogP) is 3.20. The number of hydrogen-bond donors (Lipinski definition) is 0. The van der Waals surface area contributed by atoms with Gasteiger partial charge < -0.3 is 17.8 Å². The van der Waals surface area contributed by atoms with Crippen LogP contribution >= 0.6 is 0 Å². The molecule has 144 valence electrons. The van der Waals surface area contributed by atoms with Crippen molar-refractivity contribution in [1.29, 1.82) is 0 Å². The van der Waals surface area contributed by atoms with E-state index in [1.165, 1.54) is 0 Å². The molecule has 5 nitrogen and oxygen atoms in total. The van der Waals surface area contributed by atoms with E-state index in [1.54, 1.807) is 0 Å². The fourth-order valence-corrected chi connectivity index (χ4v) is 8.11. The van der Waals surface area contributed by atoms with E-state index < -0.39 is 17.0 Å². The van der Waals surface area contributed by atoms with Crippen LogP contribution < -0.4 is 0 Å². The molecule has 0 aromatic carbocycles. The summed E-state index contributed by atoms with van der Waals surface area (Å²) in [6.07, 6.45) is 0.813. The Morgan fingerprint density at radius 1 is 0.792 bits per heavy atom. The molecule has 0 aromatic heterocycles. The van der Waals surface area contributed by atoms with E-state index in [-0.39, 0.29) is 0 Å². The van der Waals surface area contributed by atoms with Crippen LogP contribution in [-0.4, -0.2) is 78.7 Å². The Morgan fingerprint density at radius 3 is 1.54 bits per heavy atom. The average Bonchev–Trinajstić information content (AvgIpc) is 2.47. The maximum atomic E-state index is 6.01. The van der Waals surface area contributed by atoms with Crippen LogP contribution in [0.4, 0.5) is 0 Å². The van der Waals surface area contributed by atoms with Crippen molar-refractivity contribution in [3.05, 3.63) is 0 Å². The first-order chi connectivity index (χ1) is 11.1. The zero-order chi connectivity index (χ0) is 18.4. The Hall–Kier alpha value is 0.234. The second-order valence-electron chi connectivity index (χ2n) is 8.05. The van der Waals surface area contributed by atoms with Crippen molar-refractivity contribution in [2.75, 3.05) is 52.2 Å². The molecule has 0 aliphatic carbocycles. The largest absolute Gasteiger partial charge is 0.515 e. The summed E-state index contributed by atoms with van der Waals surface area (Å²) in [4.78, 5) is 2.48. The van der Waals surface area contributed by atoms with Crippen LogP contribution in [0.2, 0.25) is 18.1 Å². The fraction of sp³-hybridized carbons (Fsp3) is 1.00. The SMILES string of the molecule is CCO[Si](CN1CCN([Si](C)(C)C(C)(C)C)CC1)(OCC)OCC. The molecule has 24 heavy (non-hydrogen) atoms. The topological polar surface area (TPSA) is 34.2 Å². The van der Waals surface area contributed by atoms with Crippen LogP contribution in [0.5, 0.6) is 0 Å². The number of rotatable bonds is 9. The van der Waals surface area contributed by atoms with Gasteiger partial charge in [-0.15, -0.1) is 0 Å². The van der Waals surface area contributed by atoms with E-state index in [2.05, 4.69) is 43.3 Å². The first-order valence-corrected chi connectivity index (χ1v) is 14.4. The minimum atomic E-state index is -2.57. The smallest absolute Gasteiger partial charge is 0.373 e. The van der Waals surface area contributed by atoms with Gasteiger partial charge in [-0.1, -0.05) is 33.9 Å². The molecule has 1 rings (SSSR count). The molecule has 1 aliphatic rings. The molecule has 1 fully saturated rings. The van der Waals surface area contributed by atoms with Crippen molar-refractivity contribution in [1.82, 2.24) is 9.47 Å². The molecule has 0 N–H and O–H groups in total. The standard InChI is InChI=1S/C17H40N2O3Si2/c1-9-20-24(21-10-2,22-11-3)16-18-12-14-19(15-13-18)23(7,8)17(4,5)6/h9-16H2,1-8H3. The summed E-state index contributed by atoms with van der Waals surface area (Å²) in [5.74, 6) is 0. The lowest BCUT2D eigenvalue weighted by Gasteiger charge is -2.49. The maximum absolute atomic E-state index is 6.01. The predicted molar refractivity (Wildman–Crippen MR) is 106 cm³/mol. The first-order valence-electron chi connectivity index (χ1n) is 9.51. The zero-order valence-electron chi connectivity index (χ0n) is 17.3. The molecule has 0 amide bonds. The van der Waals surface area contributed by atoms with Crippen LogP contribution in [0.15, 0.2) is 0 Å². The van der Waals surface area contributed by atoms with Crippen LogP contribution in [0, 0.1) is 0 Å². The molecule has 1 heterocycles. The maximum Gasteiger partial charge on any atom is 0.515 e. The Balaban J connectivity index is 2.69. The van der Waals surface area contributed by atoms with Gasteiger partial charge in [-0.25, -0.2) is 0 Å². The summed E-state index contributed by atoms with van der Waals surface area (Å²) in [7, 11) is -3.98. The van der Waals surface area contributed by atoms with Crippen molar-refractivity contribution < 1.29 is 13.3 Å². The van der Waals surface area contributed by atoms with Gasteiger partial charge in [0.05, 0.1) is 6.17 Å². The Labute approximate surface area is 152 Å². The summed E-state index contributed by atoms with van der Waals surface area (Å²) < 4.78 is 20.8. The minimum absolute atomic E-state index is 0.398. The fourth-order valence-electron chi connectivity index (χ4n) is 3.13. The van der Waals surface area contributed by atoms with Crippen molar-refractivity contribution in [3.63, 3.8) is 0 Å². The lowest BCUT2D eigenvalue weighted by atomic mass is 10.2. The summed E-state index contributed by atoms with van der Waals surface area (Å²) in [6, 6.07) is 0. The number of hydrogen-bond acceptors (Lipinski definition) is 5. The van der Waals surface area contributed by atoms with Crippen molar-refractivity contribution in [3.8, 4) is 0 Å². The molecule has 0 saturated carbocycles. The van der Waals surface area contributed by atoms with Gasteiger partial charge in [0.2, 0.25) is 0 Å². The van der Waals surface area contributed by atoms with Crippen LogP contribution in [0.3, 0.4) is 0 Å². The van der Waals surface area contributed by atoms with Gasteiger partial charge in [-0.05, 0) is 25.8 Å². The van der Waals surface area contributed by atoms with E-state index >= 15 is 0 Å². The van der Waals surface area contributed by atoms with Crippen LogP contribution in [-0.2, 0) is 13.3 Å². The summed E-state index contributed by atoms with van der Waals surface area (Å²) in [6.45, 7) is 24.6. The molecule has 1 aliphatic heterocycles. The highest BCUT2D eigenvalue weighted by Crippen LogP contribution is 2.38. The van der Waals surface area contributed by atoms with E-state index in [9.17, 15) is 0 Å². The second-order valence-corrected chi connectivity index (χ2v) is 15.9. The van der Waals surface area contributed by atoms with Crippen molar-refractivity contribution in [2.24, 2.45) is 0 Å². The monoisotopic (exact) mass is 376 g/mol. The second kappa shape index (κ2) is 9.25. The molecule has 0 bridgehead atoms. The lowest BCUT2D eigenvalue weighted by molar-refractivity contribution is 0.0516. The third kappa shape index (κ3) is 5.62. The molecule has 0 radical (unpaired) electrons. The van der Waals surface area contributed by atoms with Gasteiger partial charge in [-0.2, -0.15) is 0 Å². The number of piperazine rings is 1. The Morgan fingerprint density at radius 2 is 1.21 bits per heavy atom. The quantitative estimate of drug-likeness (QED) is 0.577. The minimum Gasteiger partial charge on any atom is -0.373 e. The highest BCUT2D eigenvalue weighted by molar-refractivity contribution is 6.77. The Bertz CT molecular complexity index is 350. The van der Waals surface area contributed by atoms with Gasteiger partial charge in [-0.3, -0.25) is 4.90 Å². The normalized spacial score (nSPS) is 19.0. The van der Waals surface area contributed by atoms with Gasteiger partial charge in [0, 0.05) is 46.0 Å². The molecule has 7 heteroatoms. The third-order valence-electron chi connectivity index (χ3n) is 5.51. The molecule has 0 aromatic rings. The van der Waals surface area contributed by atoms with Gasteiger partial charge in [0.1, 0.15) is 8.24 Å². The van der Waals surface area contributed by atoms with E-state index in [0.29, 0.717) is 24.9 Å². The van der Waals surface area contributed by atoms with Crippen LogP contribution in [0.25, 0.3) is 0 Å². The molecular formula is C17H40N2O3Si2. The van der Waals surface area contributed by atoms with Crippen LogP contribution in [0.1, 0.15) is 41.5 Å². The summed E-state index contributed by atoms with van der Waals surface area (Å²) >= 11 is 0. The lowest BCUT2D eigenvalue weighted by Crippen LogP contribution is -2.64. The average molecular weight is 377 g/mol. The molecular weight excluding hydrogens is 336 g/mol. The van der Waals surface area contributed by atoms with Crippen molar-refractivity contribution in [2.45, 2.75) is 59.7 Å².